The number of hydrogen-bond donors (Lipinski definition) is 1. The minimum absolute atomic E-state index is 0.0980. The van der Waals surface area contributed by atoms with Crippen LogP contribution < -0.4 is 10.6 Å². The molecule has 1 aliphatic heterocycles. The van der Waals surface area contributed by atoms with Crippen LogP contribution >= 0.6 is 0 Å². The second kappa shape index (κ2) is 4.23. The number of anilines is 1. The summed E-state index contributed by atoms with van der Waals surface area (Å²) in [5, 5.41) is 0. The summed E-state index contributed by atoms with van der Waals surface area (Å²) in [4.78, 5) is 16.2. The Morgan fingerprint density at radius 3 is 2.32 bits per heavy atom. The van der Waals surface area contributed by atoms with Gasteiger partial charge in [-0.15, -0.1) is 0 Å². The molecule has 19 heavy (non-hydrogen) atoms. The second-order valence-electron chi connectivity index (χ2n) is 6.11. The second-order valence-corrected chi connectivity index (χ2v) is 6.11. The van der Waals surface area contributed by atoms with Gasteiger partial charge in [0.2, 0.25) is 0 Å². The van der Waals surface area contributed by atoms with Gasteiger partial charge < -0.3 is 15.5 Å². The number of nitrogens with two attached hydrogens (primary N) is 1. The predicted molar refractivity (Wildman–Crippen MR) is 76.3 cm³/mol. The van der Waals surface area contributed by atoms with E-state index >= 15 is 0 Å². The molecule has 4 nitrogen and oxygen atoms in total. The molecule has 0 spiro atoms. The van der Waals surface area contributed by atoms with Gasteiger partial charge in [0.15, 0.2) is 0 Å². The van der Waals surface area contributed by atoms with Crippen LogP contribution in [0.5, 0.6) is 0 Å². The van der Waals surface area contributed by atoms with Crippen molar-refractivity contribution in [1.82, 2.24) is 4.90 Å². The van der Waals surface area contributed by atoms with E-state index in [0.717, 1.165) is 11.3 Å². The molecule has 0 atom stereocenters. The third-order valence-electron chi connectivity index (χ3n) is 4.28. The molecule has 0 aromatic heterocycles. The maximum absolute atomic E-state index is 12.3. The van der Waals surface area contributed by atoms with Gasteiger partial charge in [0.1, 0.15) is 0 Å². The van der Waals surface area contributed by atoms with E-state index in [9.17, 15) is 4.79 Å². The summed E-state index contributed by atoms with van der Waals surface area (Å²) in [6, 6.07) is 7.74. The van der Waals surface area contributed by atoms with Gasteiger partial charge in [-0.25, -0.2) is 0 Å². The number of nitrogens with zero attached hydrogens (tertiary/aromatic N) is 2. The Bertz CT molecular complexity index is 485. The summed E-state index contributed by atoms with van der Waals surface area (Å²) >= 11 is 0. The average molecular weight is 259 g/mol. The summed E-state index contributed by atoms with van der Waals surface area (Å²) in [5.74, 6) is 0.750. The molecule has 1 saturated carbocycles. The number of rotatable bonds is 3. The molecule has 102 valence electrons. The van der Waals surface area contributed by atoms with Crippen molar-refractivity contribution in [3.05, 3.63) is 29.8 Å². The Balaban J connectivity index is 1.65. The van der Waals surface area contributed by atoms with Crippen LogP contribution in [0.2, 0.25) is 0 Å². The Morgan fingerprint density at radius 2 is 1.84 bits per heavy atom. The molecule has 1 saturated heterocycles. The normalized spacial score (nSPS) is 20.9. The summed E-state index contributed by atoms with van der Waals surface area (Å²) in [6.45, 7) is 1.43. The molecule has 4 heteroatoms. The van der Waals surface area contributed by atoms with E-state index in [1.807, 2.05) is 48.2 Å². The highest BCUT2D eigenvalue weighted by atomic mass is 16.2. The van der Waals surface area contributed by atoms with Crippen LogP contribution in [0.1, 0.15) is 23.2 Å². The molecular formula is C15H21N3O. The van der Waals surface area contributed by atoms with Crippen molar-refractivity contribution in [2.75, 3.05) is 32.1 Å². The fourth-order valence-electron chi connectivity index (χ4n) is 2.81. The fraction of sp³-hybridized carbons (Fsp3) is 0.533. The molecule has 1 amide bonds. The average Bonchev–Trinajstić information content (AvgIpc) is 3.18. The highest BCUT2D eigenvalue weighted by molar-refractivity contribution is 5.95. The van der Waals surface area contributed by atoms with Gasteiger partial charge >= 0.3 is 0 Å². The van der Waals surface area contributed by atoms with Crippen molar-refractivity contribution >= 4 is 11.6 Å². The van der Waals surface area contributed by atoms with Crippen LogP contribution in [-0.2, 0) is 0 Å². The summed E-state index contributed by atoms with van der Waals surface area (Å²) in [7, 11) is 3.98. The lowest BCUT2D eigenvalue weighted by Crippen LogP contribution is -2.69. The summed E-state index contributed by atoms with van der Waals surface area (Å²) in [6.07, 6.45) is 2.46. The van der Waals surface area contributed by atoms with Gasteiger partial charge in [-0.05, 0) is 43.0 Å². The van der Waals surface area contributed by atoms with Crippen molar-refractivity contribution in [3.8, 4) is 0 Å². The number of amides is 1. The minimum Gasteiger partial charge on any atom is -0.378 e. The zero-order valence-corrected chi connectivity index (χ0v) is 11.6. The first kappa shape index (κ1) is 12.5. The highest BCUT2D eigenvalue weighted by Crippen LogP contribution is 2.43. The smallest absolute Gasteiger partial charge is 0.253 e. The molecule has 1 aromatic rings. The monoisotopic (exact) mass is 259 g/mol. The van der Waals surface area contributed by atoms with Crippen LogP contribution in [0.3, 0.4) is 0 Å². The molecule has 2 aliphatic rings. The number of carbonyl (C=O) groups is 1. The Kier molecular flexibility index (Phi) is 2.78. The van der Waals surface area contributed by atoms with Gasteiger partial charge in [-0.1, -0.05) is 0 Å². The molecule has 2 N–H and O–H groups in total. The van der Waals surface area contributed by atoms with Crippen LogP contribution in [0, 0.1) is 5.92 Å². The fourth-order valence-corrected chi connectivity index (χ4v) is 2.81. The van der Waals surface area contributed by atoms with E-state index in [1.54, 1.807) is 0 Å². The maximum Gasteiger partial charge on any atom is 0.253 e. The zero-order chi connectivity index (χ0) is 13.6. The topological polar surface area (TPSA) is 49.6 Å². The number of hydrogen-bond acceptors (Lipinski definition) is 3. The molecule has 3 rings (SSSR count). The Morgan fingerprint density at radius 1 is 1.26 bits per heavy atom. The maximum atomic E-state index is 12.3. The van der Waals surface area contributed by atoms with E-state index in [2.05, 4.69) is 0 Å². The molecule has 2 fully saturated rings. The number of benzene rings is 1. The predicted octanol–water partition coefficient (Wildman–Crippen LogP) is 1.32. The van der Waals surface area contributed by atoms with Crippen LogP contribution in [0.25, 0.3) is 0 Å². The van der Waals surface area contributed by atoms with Crippen LogP contribution in [0.15, 0.2) is 24.3 Å². The quantitative estimate of drug-likeness (QED) is 0.890. The first-order chi connectivity index (χ1) is 8.99. The van der Waals surface area contributed by atoms with Crippen molar-refractivity contribution in [1.29, 1.82) is 0 Å². The Hall–Kier alpha value is -1.55. The highest BCUT2D eigenvalue weighted by Gasteiger charge is 2.51. The third kappa shape index (κ3) is 2.21. The van der Waals surface area contributed by atoms with Crippen molar-refractivity contribution < 1.29 is 4.79 Å². The standard InChI is InChI=1S/C15H21N3O/c1-17(2)13-7-3-11(4-8-13)14(19)18-9-15(16,10-18)12-5-6-12/h3-4,7-8,12H,5-6,9-10,16H2,1-2H3. The minimum atomic E-state index is -0.0980. The zero-order valence-electron chi connectivity index (χ0n) is 11.6. The SMILES string of the molecule is CN(C)c1ccc(C(=O)N2CC(N)(C3CC3)C2)cc1. The number of carbonyl (C=O) groups excluding carboxylic acids is 1. The first-order valence-electron chi connectivity index (χ1n) is 6.85. The van der Waals surface area contributed by atoms with Gasteiger partial charge in [-0.3, -0.25) is 4.79 Å². The lowest BCUT2D eigenvalue weighted by molar-refractivity contribution is 0.0350. The first-order valence-corrected chi connectivity index (χ1v) is 6.85. The molecule has 0 bridgehead atoms. The van der Waals surface area contributed by atoms with Crippen molar-refractivity contribution in [2.24, 2.45) is 11.7 Å². The van der Waals surface area contributed by atoms with Gasteiger partial charge in [0, 0.05) is 38.4 Å². The summed E-state index contributed by atoms with van der Waals surface area (Å²) < 4.78 is 0. The Labute approximate surface area is 114 Å². The number of likely N-dealkylation sites (tertiary alicyclic amines) is 1. The lowest BCUT2D eigenvalue weighted by atomic mass is 9.85. The van der Waals surface area contributed by atoms with Crippen LogP contribution in [0.4, 0.5) is 5.69 Å². The van der Waals surface area contributed by atoms with Gasteiger partial charge in [0.05, 0.1) is 5.54 Å². The van der Waals surface area contributed by atoms with Crippen molar-refractivity contribution in [2.45, 2.75) is 18.4 Å². The molecule has 1 aromatic carbocycles. The van der Waals surface area contributed by atoms with E-state index < -0.39 is 0 Å². The third-order valence-corrected chi connectivity index (χ3v) is 4.28. The van der Waals surface area contributed by atoms with E-state index in [4.69, 9.17) is 5.73 Å². The molecule has 0 radical (unpaired) electrons. The molecular weight excluding hydrogens is 238 g/mol. The van der Waals surface area contributed by atoms with Crippen LogP contribution in [-0.4, -0.2) is 43.5 Å². The van der Waals surface area contributed by atoms with Gasteiger partial charge in [-0.2, -0.15) is 0 Å². The largest absolute Gasteiger partial charge is 0.378 e. The summed E-state index contributed by atoms with van der Waals surface area (Å²) in [5.41, 5.74) is 8.04. The van der Waals surface area contributed by atoms with E-state index in [-0.39, 0.29) is 11.4 Å². The molecule has 0 unspecified atom stereocenters. The van der Waals surface area contributed by atoms with Gasteiger partial charge in [0.25, 0.3) is 5.91 Å². The molecule has 1 heterocycles. The van der Waals surface area contributed by atoms with Crippen molar-refractivity contribution in [3.63, 3.8) is 0 Å². The molecule has 1 aliphatic carbocycles. The lowest BCUT2D eigenvalue weighted by Gasteiger charge is -2.48. The van der Waals surface area contributed by atoms with E-state index in [0.29, 0.717) is 19.0 Å². The van der Waals surface area contributed by atoms with E-state index in [1.165, 1.54) is 12.8 Å².